The average molecular weight is 396 g/mol. The summed E-state index contributed by atoms with van der Waals surface area (Å²) >= 11 is 0. The Morgan fingerprint density at radius 3 is 2.27 bits per heavy atom. The van der Waals surface area contributed by atoms with Gasteiger partial charge in [-0.3, -0.25) is 4.79 Å². The zero-order chi connectivity index (χ0) is 20.9. The Hall–Kier alpha value is -3.66. The lowest BCUT2D eigenvalue weighted by Gasteiger charge is -2.09. The summed E-state index contributed by atoms with van der Waals surface area (Å²) < 4.78 is 1.90. The SMILES string of the molecule is Cc1nn(-c2ccccc2)c(C)c1CC(=O)NCc1cccc(-c2ccccc2)c1. The molecule has 1 aromatic heterocycles. The highest BCUT2D eigenvalue weighted by atomic mass is 16.1. The van der Waals surface area contributed by atoms with E-state index in [1.165, 1.54) is 5.56 Å². The molecule has 1 N–H and O–H groups in total. The molecule has 0 fully saturated rings. The van der Waals surface area contributed by atoms with Crippen molar-refractivity contribution in [1.29, 1.82) is 0 Å². The molecule has 0 spiro atoms. The van der Waals surface area contributed by atoms with Gasteiger partial charge in [0.15, 0.2) is 0 Å². The van der Waals surface area contributed by atoms with Crippen molar-refractivity contribution in [2.45, 2.75) is 26.8 Å². The topological polar surface area (TPSA) is 46.9 Å². The van der Waals surface area contributed by atoms with Gasteiger partial charge in [-0.25, -0.2) is 4.68 Å². The molecule has 3 aromatic carbocycles. The smallest absolute Gasteiger partial charge is 0.224 e. The zero-order valence-corrected chi connectivity index (χ0v) is 17.3. The van der Waals surface area contributed by atoms with Gasteiger partial charge < -0.3 is 5.32 Å². The fourth-order valence-corrected chi connectivity index (χ4v) is 3.67. The fraction of sp³-hybridized carbons (Fsp3) is 0.154. The minimum Gasteiger partial charge on any atom is -0.352 e. The van der Waals surface area contributed by atoms with Crippen LogP contribution in [-0.4, -0.2) is 15.7 Å². The second-order valence-electron chi connectivity index (χ2n) is 7.42. The molecule has 0 bridgehead atoms. The predicted octanol–water partition coefficient (Wildman–Crippen LogP) is 5.02. The van der Waals surface area contributed by atoms with Crippen LogP contribution in [-0.2, 0) is 17.8 Å². The van der Waals surface area contributed by atoms with Gasteiger partial charge in [0.25, 0.3) is 0 Å². The first-order valence-electron chi connectivity index (χ1n) is 10.1. The lowest BCUT2D eigenvalue weighted by molar-refractivity contribution is -0.120. The normalized spacial score (nSPS) is 10.7. The van der Waals surface area contributed by atoms with E-state index in [1.54, 1.807) is 0 Å². The summed E-state index contributed by atoms with van der Waals surface area (Å²) in [5.41, 5.74) is 7.27. The molecular weight excluding hydrogens is 370 g/mol. The summed E-state index contributed by atoms with van der Waals surface area (Å²) in [6, 6.07) is 28.5. The van der Waals surface area contributed by atoms with Crippen molar-refractivity contribution >= 4 is 5.91 Å². The van der Waals surface area contributed by atoms with Gasteiger partial charge in [0.2, 0.25) is 5.91 Å². The van der Waals surface area contributed by atoms with Crippen LogP contribution in [0, 0.1) is 13.8 Å². The van der Waals surface area contributed by atoms with Crippen molar-refractivity contribution < 1.29 is 4.79 Å². The number of nitrogens with zero attached hydrogens (tertiary/aromatic N) is 2. The Morgan fingerprint density at radius 1 is 0.867 bits per heavy atom. The van der Waals surface area contributed by atoms with Crippen LogP contribution in [0.25, 0.3) is 16.8 Å². The highest BCUT2D eigenvalue weighted by Crippen LogP contribution is 2.21. The van der Waals surface area contributed by atoms with Crippen LogP contribution in [0.3, 0.4) is 0 Å². The van der Waals surface area contributed by atoms with Gasteiger partial charge in [-0.1, -0.05) is 66.7 Å². The van der Waals surface area contributed by atoms with Gasteiger partial charge in [-0.05, 0) is 48.7 Å². The zero-order valence-electron chi connectivity index (χ0n) is 17.3. The molecule has 4 heteroatoms. The summed E-state index contributed by atoms with van der Waals surface area (Å²) in [6.07, 6.45) is 0.322. The van der Waals surface area contributed by atoms with Gasteiger partial charge in [0.1, 0.15) is 0 Å². The van der Waals surface area contributed by atoms with Crippen molar-refractivity contribution in [3.63, 3.8) is 0 Å². The third-order valence-corrected chi connectivity index (χ3v) is 5.30. The van der Waals surface area contributed by atoms with Crippen LogP contribution in [0.2, 0.25) is 0 Å². The van der Waals surface area contributed by atoms with E-state index in [0.29, 0.717) is 13.0 Å². The third kappa shape index (κ3) is 4.33. The molecular formula is C26H25N3O. The van der Waals surface area contributed by atoms with E-state index in [0.717, 1.165) is 33.8 Å². The number of carbonyl (C=O) groups is 1. The largest absolute Gasteiger partial charge is 0.352 e. The van der Waals surface area contributed by atoms with Crippen molar-refractivity contribution in [2.24, 2.45) is 0 Å². The molecule has 1 amide bonds. The quantitative estimate of drug-likeness (QED) is 0.499. The molecule has 4 nitrogen and oxygen atoms in total. The van der Waals surface area contributed by atoms with E-state index in [2.05, 4.69) is 34.7 Å². The van der Waals surface area contributed by atoms with Crippen molar-refractivity contribution in [1.82, 2.24) is 15.1 Å². The Morgan fingerprint density at radius 2 is 1.53 bits per heavy atom. The van der Waals surface area contributed by atoms with Gasteiger partial charge in [-0.15, -0.1) is 0 Å². The molecule has 0 aliphatic rings. The van der Waals surface area contributed by atoms with Gasteiger partial charge >= 0.3 is 0 Å². The molecule has 150 valence electrons. The Bertz CT molecular complexity index is 1150. The standard InChI is InChI=1S/C26H25N3O/c1-19-25(20(2)29(28-19)24-14-7-4-8-15-24)17-26(30)27-18-21-10-9-13-23(16-21)22-11-5-3-6-12-22/h3-16H,17-18H2,1-2H3,(H,27,30). The molecule has 30 heavy (non-hydrogen) atoms. The second kappa shape index (κ2) is 8.78. The van der Waals surface area contributed by atoms with Gasteiger partial charge in [-0.2, -0.15) is 5.10 Å². The van der Waals surface area contributed by atoms with Gasteiger partial charge in [0.05, 0.1) is 17.8 Å². The van der Waals surface area contributed by atoms with Crippen LogP contribution in [0.5, 0.6) is 0 Å². The third-order valence-electron chi connectivity index (χ3n) is 5.30. The molecule has 0 unspecified atom stereocenters. The Labute approximate surface area is 177 Å². The molecule has 0 saturated carbocycles. The Kier molecular flexibility index (Phi) is 5.75. The van der Waals surface area contributed by atoms with E-state index in [1.807, 2.05) is 79.2 Å². The average Bonchev–Trinajstić information content (AvgIpc) is 3.07. The molecule has 0 saturated heterocycles. The fourth-order valence-electron chi connectivity index (χ4n) is 3.67. The maximum atomic E-state index is 12.6. The predicted molar refractivity (Wildman–Crippen MR) is 120 cm³/mol. The maximum absolute atomic E-state index is 12.6. The van der Waals surface area contributed by atoms with Crippen LogP contribution in [0.4, 0.5) is 0 Å². The first-order chi connectivity index (χ1) is 14.6. The van der Waals surface area contributed by atoms with Crippen LogP contribution >= 0.6 is 0 Å². The van der Waals surface area contributed by atoms with E-state index >= 15 is 0 Å². The van der Waals surface area contributed by atoms with Crippen molar-refractivity contribution in [3.05, 3.63) is 107 Å². The number of amides is 1. The highest BCUT2D eigenvalue weighted by molar-refractivity contribution is 5.79. The molecule has 0 aliphatic carbocycles. The lowest BCUT2D eigenvalue weighted by Crippen LogP contribution is -2.25. The number of hydrogen-bond acceptors (Lipinski definition) is 2. The summed E-state index contributed by atoms with van der Waals surface area (Å²) in [6.45, 7) is 4.47. The molecule has 0 atom stereocenters. The molecule has 4 aromatic rings. The molecule has 0 aliphatic heterocycles. The van der Waals surface area contributed by atoms with Crippen molar-refractivity contribution in [2.75, 3.05) is 0 Å². The number of hydrogen-bond donors (Lipinski definition) is 1. The number of nitrogens with one attached hydrogen (secondary N) is 1. The number of benzene rings is 3. The minimum atomic E-state index is -0.000995. The highest BCUT2D eigenvalue weighted by Gasteiger charge is 2.15. The molecule has 0 radical (unpaired) electrons. The van der Waals surface area contributed by atoms with E-state index < -0.39 is 0 Å². The Balaban J connectivity index is 1.43. The first-order valence-corrected chi connectivity index (χ1v) is 10.1. The number of aromatic nitrogens is 2. The summed E-state index contributed by atoms with van der Waals surface area (Å²) in [5, 5.41) is 7.69. The van der Waals surface area contributed by atoms with Crippen molar-refractivity contribution in [3.8, 4) is 16.8 Å². The summed E-state index contributed by atoms with van der Waals surface area (Å²) in [4.78, 5) is 12.6. The first kappa shape index (κ1) is 19.6. The van der Waals surface area contributed by atoms with Crippen LogP contribution < -0.4 is 5.32 Å². The van der Waals surface area contributed by atoms with Gasteiger partial charge in [0, 0.05) is 17.8 Å². The van der Waals surface area contributed by atoms with E-state index in [4.69, 9.17) is 0 Å². The monoisotopic (exact) mass is 395 g/mol. The lowest BCUT2D eigenvalue weighted by atomic mass is 10.0. The van der Waals surface area contributed by atoms with E-state index in [-0.39, 0.29) is 5.91 Å². The number of para-hydroxylation sites is 1. The maximum Gasteiger partial charge on any atom is 0.224 e. The summed E-state index contributed by atoms with van der Waals surface area (Å²) in [7, 11) is 0. The number of aryl methyl sites for hydroxylation is 1. The minimum absolute atomic E-state index is 0.000995. The van der Waals surface area contributed by atoms with E-state index in [9.17, 15) is 4.79 Å². The van der Waals surface area contributed by atoms with Crippen LogP contribution in [0.15, 0.2) is 84.9 Å². The second-order valence-corrected chi connectivity index (χ2v) is 7.42. The molecule has 1 heterocycles. The number of rotatable bonds is 6. The molecule has 4 rings (SSSR count). The van der Waals surface area contributed by atoms with Crippen LogP contribution in [0.1, 0.15) is 22.5 Å². The number of carbonyl (C=O) groups excluding carboxylic acids is 1. The summed E-state index contributed by atoms with van der Waals surface area (Å²) in [5.74, 6) is -0.000995.